The summed E-state index contributed by atoms with van der Waals surface area (Å²) in [6.45, 7) is 6.77. The van der Waals surface area contributed by atoms with Crippen molar-refractivity contribution in [2.75, 3.05) is 39.9 Å². The third-order valence-corrected chi connectivity index (χ3v) is 6.83. The SMILES string of the molecule is CO[C@@H]1CCN2C[C@@H]1CCCCN(Cc1ncccc1C)CCOc1ccccc1C2=O. The van der Waals surface area contributed by atoms with Crippen molar-refractivity contribution in [1.29, 1.82) is 0 Å². The normalized spacial score (nSPS) is 23.2. The zero-order valence-electron chi connectivity index (χ0n) is 19.3. The minimum absolute atomic E-state index is 0.0678. The second kappa shape index (κ2) is 10.9. The van der Waals surface area contributed by atoms with E-state index in [2.05, 4.69) is 22.9 Å². The molecule has 1 fully saturated rings. The number of hydrogen-bond acceptors (Lipinski definition) is 5. The van der Waals surface area contributed by atoms with Gasteiger partial charge in [-0.15, -0.1) is 0 Å². The molecule has 6 heteroatoms. The third kappa shape index (κ3) is 5.48. The van der Waals surface area contributed by atoms with E-state index in [1.807, 2.05) is 41.4 Å². The quantitative estimate of drug-likeness (QED) is 0.728. The van der Waals surface area contributed by atoms with E-state index in [1.54, 1.807) is 7.11 Å². The Bertz CT molecular complexity index is 903. The van der Waals surface area contributed by atoms with Crippen LogP contribution in [-0.4, -0.2) is 66.7 Å². The summed E-state index contributed by atoms with van der Waals surface area (Å²) in [7, 11) is 1.80. The molecular weight excluding hydrogens is 402 g/mol. The van der Waals surface area contributed by atoms with Crippen LogP contribution in [0.25, 0.3) is 0 Å². The van der Waals surface area contributed by atoms with Gasteiger partial charge in [0.15, 0.2) is 0 Å². The van der Waals surface area contributed by atoms with E-state index in [0.717, 1.165) is 64.1 Å². The Hall–Kier alpha value is -2.44. The molecule has 1 saturated heterocycles. The van der Waals surface area contributed by atoms with Crippen LogP contribution < -0.4 is 4.74 Å². The summed E-state index contributed by atoms with van der Waals surface area (Å²) < 4.78 is 11.9. The number of nitrogens with zero attached hydrogens (tertiary/aromatic N) is 3. The first-order valence-corrected chi connectivity index (χ1v) is 11.8. The van der Waals surface area contributed by atoms with Gasteiger partial charge < -0.3 is 14.4 Å². The van der Waals surface area contributed by atoms with Gasteiger partial charge in [0.2, 0.25) is 0 Å². The molecule has 3 heterocycles. The lowest BCUT2D eigenvalue weighted by atomic mass is 9.89. The highest BCUT2D eigenvalue weighted by atomic mass is 16.5. The van der Waals surface area contributed by atoms with Gasteiger partial charge in [-0.2, -0.15) is 0 Å². The predicted octanol–water partition coefficient (Wildman–Crippen LogP) is 3.93. The smallest absolute Gasteiger partial charge is 0.257 e. The number of carbonyl (C=O) groups excluding carboxylic acids is 1. The number of hydrogen-bond donors (Lipinski definition) is 0. The zero-order valence-corrected chi connectivity index (χ0v) is 19.3. The van der Waals surface area contributed by atoms with Crippen molar-refractivity contribution < 1.29 is 14.3 Å². The monoisotopic (exact) mass is 437 g/mol. The summed E-state index contributed by atoms with van der Waals surface area (Å²) in [6, 6.07) is 11.7. The summed E-state index contributed by atoms with van der Waals surface area (Å²) >= 11 is 0. The average molecular weight is 438 g/mol. The number of methoxy groups -OCH3 is 1. The Morgan fingerprint density at radius 2 is 1.97 bits per heavy atom. The molecule has 4 rings (SSSR count). The summed E-state index contributed by atoms with van der Waals surface area (Å²) in [6.07, 6.45) is 6.30. The average Bonchev–Trinajstić information content (AvgIpc) is 2.82. The van der Waals surface area contributed by atoms with Crippen LogP contribution in [-0.2, 0) is 11.3 Å². The fraction of sp³-hybridized carbons (Fsp3) is 0.538. The first-order valence-electron chi connectivity index (χ1n) is 11.8. The summed E-state index contributed by atoms with van der Waals surface area (Å²) in [4.78, 5) is 22.3. The number of aryl methyl sites for hydroxylation is 1. The van der Waals surface area contributed by atoms with E-state index in [4.69, 9.17) is 9.47 Å². The number of fused-ring (bicyclic) bond motifs is 3. The van der Waals surface area contributed by atoms with Crippen LogP contribution in [0.2, 0.25) is 0 Å². The van der Waals surface area contributed by atoms with Gasteiger partial charge in [0.1, 0.15) is 12.4 Å². The minimum atomic E-state index is 0.0678. The second-order valence-electron chi connectivity index (χ2n) is 8.96. The molecule has 6 nitrogen and oxygen atoms in total. The molecule has 32 heavy (non-hydrogen) atoms. The standard InChI is InChI=1S/C26H35N3O3/c1-20-8-7-13-27-23(20)19-28-14-6-5-9-21-18-29(15-12-24(21)31-2)26(30)22-10-3-4-11-25(22)32-17-16-28/h3-4,7-8,10-11,13,21,24H,5-6,9,12,14-19H2,1-2H3/t21-,24+/m0/s1. The Kier molecular flexibility index (Phi) is 7.76. The van der Waals surface area contributed by atoms with Crippen LogP contribution in [0.15, 0.2) is 42.6 Å². The predicted molar refractivity (Wildman–Crippen MR) is 125 cm³/mol. The van der Waals surface area contributed by atoms with Gasteiger partial charge in [-0.1, -0.05) is 24.6 Å². The van der Waals surface area contributed by atoms with E-state index in [9.17, 15) is 4.79 Å². The molecule has 2 aliphatic rings. The lowest BCUT2D eigenvalue weighted by Gasteiger charge is -2.38. The second-order valence-corrected chi connectivity index (χ2v) is 8.96. The number of pyridine rings is 1. The third-order valence-electron chi connectivity index (χ3n) is 6.83. The molecule has 0 unspecified atom stereocenters. The Morgan fingerprint density at radius 1 is 1.09 bits per heavy atom. The number of para-hydroxylation sites is 1. The fourth-order valence-corrected chi connectivity index (χ4v) is 4.91. The molecule has 0 N–H and O–H groups in total. The van der Waals surface area contributed by atoms with Crippen molar-refractivity contribution in [2.24, 2.45) is 5.92 Å². The molecule has 0 aliphatic carbocycles. The largest absolute Gasteiger partial charge is 0.491 e. The molecule has 1 amide bonds. The van der Waals surface area contributed by atoms with Gasteiger partial charge in [-0.25, -0.2) is 0 Å². The number of benzene rings is 1. The molecule has 0 radical (unpaired) electrons. The van der Waals surface area contributed by atoms with Crippen LogP contribution >= 0.6 is 0 Å². The van der Waals surface area contributed by atoms with E-state index in [-0.39, 0.29) is 12.0 Å². The van der Waals surface area contributed by atoms with Crippen LogP contribution in [0, 0.1) is 12.8 Å². The molecule has 2 aliphatic heterocycles. The molecular formula is C26H35N3O3. The van der Waals surface area contributed by atoms with Crippen molar-refractivity contribution in [1.82, 2.24) is 14.8 Å². The van der Waals surface area contributed by atoms with Crippen LogP contribution in [0.4, 0.5) is 0 Å². The van der Waals surface area contributed by atoms with E-state index < -0.39 is 0 Å². The number of carbonyl (C=O) groups is 1. The first kappa shape index (κ1) is 22.7. The van der Waals surface area contributed by atoms with Gasteiger partial charge in [0.25, 0.3) is 5.91 Å². The maximum absolute atomic E-state index is 13.3. The van der Waals surface area contributed by atoms with E-state index in [1.165, 1.54) is 5.56 Å². The Labute approximate surface area is 191 Å². The molecule has 172 valence electrons. The number of ether oxygens (including phenoxy) is 2. The van der Waals surface area contributed by atoms with Crippen LogP contribution in [0.3, 0.4) is 0 Å². The highest BCUT2D eigenvalue weighted by molar-refractivity contribution is 5.97. The van der Waals surface area contributed by atoms with Crippen molar-refractivity contribution in [2.45, 2.75) is 45.3 Å². The van der Waals surface area contributed by atoms with Crippen LogP contribution in [0.1, 0.15) is 47.3 Å². The minimum Gasteiger partial charge on any atom is -0.491 e. The highest BCUT2D eigenvalue weighted by Crippen LogP contribution is 2.28. The van der Waals surface area contributed by atoms with Crippen molar-refractivity contribution >= 4 is 5.91 Å². The van der Waals surface area contributed by atoms with Gasteiger partial charge in [-0.05, 0) is 56.5 Å². The highest BCUT2D eigenvalue weighted by Gasteiger charge is 2.32. The van der Waals surface area contributed by atoms with Gasteiger partial charge >= 0.3 is 0 Å². The van der Waals surface area contributed by atoms with Gasteiger partial charge in [-0.3, -0.25) is 14.7 Å². The van der Waals surface area contributed by atoms with Crippen molar-refractivity contribution in [3.63, 3.8) is 0 Å². The zero-order chi connectivity index (χ0) is 22.3. The topological polar surface area (TPSA) is 54.9 Å². The summed E-state index contributed by atoms with van der Waals surface area (Å²) in [5, 5.41) is 0. The van der Waals surface area contributed by atoms with Crippen molar-refractivity contribution in [3.8, 4) is 5.75 Å². The molecule has 1 aromatic heterocycles. The number of aromatic nitrogens is 1. The first-order chi connectivity index (χ1) is 15.7. The molecule has 1 aromatic carbocycles. The van der Waals surface area contributed by atoms with Crippen LogP contribution in [0.5, 0.6) is 5.75 Å². The number of amides is 1. The molecule has 0 spiro atoms. The Balaban J connectivity index is 1.54. The van der Waals surface area contributed by atoms with Crippen molar-refractivity contribution in [3.05, 3.63) is 59.4 Å². The number of piperidine rings is 1. The molecule has 2 aromatic rings. The fourth-order valence-electron chi connectivity index (χ4n) is 4.91. The lowest BCUT2D eigenvalue weighted by molar-refractivity contribution is -0.00702. The molecule has 0 saturated carbocycles. The molecule has 2 bridgehead atoms. The summed E-state index contributed by atoms with van der Waals surface area (Å²) in [5.41, 5.74) is 2.99. The lowest BCUT2D eigenvalue weighted by Crippen LogP contribution is -2.46. The van der Waals surface area contributed by atoms with Gasteiger partial charge in [0, 0.05) is 45.4 Å². The summed E-state index contributed by atoms with van der Waals surface area (Å²) in [5.74, 6) is 1.12. The number of rotatable bonds is 3. The Morgan fingerprint density at radius 3 is 2.81 bits per heavy atom. The van der Waals surface area contributed by atoms with E-state index in [0.29, 0.717) is 23.8 Å². The van der Waals surface area contributed by atoms with E-state index >= 15 is 0 Å². The maximum Gasteiger partial charge on any atom is 0.257 e. The van der Waals surface area contributed by atoms with Gasteiger partial charge in [0.05, 0.1) is 17.4 Å². The maximum atomic E-state index is 13.3. The molecule has 2 atom stereocenters.